The molecule has 28 heavy (non-hydrogen) atoms. The molecule has 0 amide bonds. The van der Waals surface area contributed by atoms with E-state index >= 15 is 0 Å². The van der Waals surface area contributed by atoms with Crippen LogP contribution in [-0.2, 0) is 16.1 Å². The number of rotatable bonds is 6. The Morgan fingerprint density at radius 1 is 1.07 bits per heavy atom. The smallest absolute Gasteiger partial charge is 0.340 e. The lowest BCUT2D eigenvalue weighted by atomic mass is 10.1. The molecule has 3 rings (SSSR count). The minimum atomic E-state index is -0.409. The molecule has 0 saturated heterocycles. The molecule has 0 aliphatic carbocycles. The molecule has 0 spiro atoms. The molecule has 1 heterocycles. The van der Waals surface area contributed by atoms with Gasteiger partial charge in [0, 0.05) is 24.5 Å². The maximum atomic E-state index is 12.9. The van der Waals surface area contributed by atoms with Crippen molar-refractivity contribution in [1.82, 2.24) is 9.47 Å². The highest BCUT2D eigenvalue weighted by Crippen LogP contribution is 2.33. The van der Waals surface area contributed by atoms with E-state index in [4.69, 9.17) is 9.47 Å². The SMILES string of the molecule is CCOC(=O)c1c(CN(C)C)n(-c2ccccc2)c2ccc(OC(C)=O)cc12. The van der Waals surface area contributed by atoms with Gasteiger partial charge in [-0.05, 0) is 51.4 Å². The van der Waals surface area contributed by atoms with Gasteiger partial charge >= 0.3 is 11.9 Å². The Morgan fingerprint density at radius 2 is 1.79 bits per heavy atom. The first kappa shape index (κ1) is 19.6. The summed E-state index contributed by atoms with van der Waals surface area (Å²) in [5.41, 5.74) is 3.11. The first-order valence-electron chi connectivity index (χ1n) is 9.15. The van der Waals surface area contributed by atoms with Crippen LogP contribution >= 0.6 is 0 Å². The predicted octanol–water partition coefficient (Wildman–Crippen LogP) is 3.79. The summed E-state index contributed by atoms with van der Waals surface area (Å²) in [6, 6.07) is 15.2. The van der Waals surface area contributed by atoms with Gasteiger partial charge in [0.2, 0.25) is 0 Å². The molecule has 0 aliphatic heterocycles. The number of para-hydroxylation sites is 1. The predicted molar refractivity (Wildman–Crippen MR) is 108 cm³/mol. The monoisotopic (exact) mass is 380 g/mol. The summed E-state index contributed by atoms with van der Waals surface area (Å²) in [5, 5.41) is 0.693. The minimum absolute atomic E-state index is 0.280. The molecule has 0 unspecified atom stereocenters. The molecule has 0 N–H and O–H groups in total. The molecule has 0 radical (unpaired) electrons. The molecule has 3 aromatic rings. The van der Waals surface area contributed by atoms with Gasteiger partial charge in [0.1, 0.15) is 5.75 Å². The number of carbonyl (C=O) groups excluding carboxylic acids is 2. The Labute approximate surface area is 164 Å². The minimum Gasteiger partial charge on any atom is -0.462 e. The van der Waals surface area contributed by atoms with E-state index in [1.165, 1.54) is 6.92 Å². The summed E-state index contributed by atoms with van der Waals surface area (Å²) in [6.45, 7) is 3.95. The van der Waals surface area contributed by atoms with E-state index in [-0.39, 0.29) is 12.6 Å². The van der Waals surface area contributed by atoms with Crippen LogP contribution in [0.4, 0.5) is 0 Å². The molecule has 6 heteroatoms. The van der Waals surface area contributed by atoms with E-state index in [1.807, 2.05) is 55.4 Å². The quantitative estimate of drug-likeness (QED) is 0.481. The molecule has 1 aromatic heterocycles. The average Bonchev–Trinajstić information content (AvgIpc) is 2.94. The van der Waals surface area contributed by atoms with Crippen LogP contribution in [-0.4, -0.2) is 42.1 Å². The summed E-state index contributed by atoms with van der Waals surface area (Å²) >= 11 is 0. The Bertz CT molecular complexity index is 1010. The Morgan fingerprint density at radius 3 is 2.39 bits per heavy atom. The zero-order valence-electron chi connectivity index (χ0n) is 16.6. The van der Waals surface area contributed by atoms with Crippen LogP contribution in [0.5, 0.6) is 5.75 Å². The standard InChI is InChI=1S/C22H24N2O4/c1-5-27-22(26)21-18-13-17(28-15(2)25)11-12-19(18)24(20(21)14-23(3)4)16-9-7-6-8-10-16/h6-13H,5,14H2,1-4H3. The second-order valence-corrected chi connectivity index (χ2v) is 6.72. The first-order chi connectivity index (χ1) is 13.4. The van der Waals surface area contributed by atoms with E-state index in [1.54, 1.807) is 19.1 Å². The van der Waals surface area contributed by atoms with Crippen LogP contribution in [0.3, 0.4) is 0 Å². The maximum Gasteiger partial charge on any atom is 0.340 e. The fourth-order valence-corrected chi connectivity index (χ4v) is 3.30. The number of esters is 2. The van der Waals surface area contributed by atoms with E-state index < -0.39 is 5.97 Å². The summed E-state index contributed by atoms with van der Waals surface area (Å²) in [6.07, 6.45) is 0. The molecule has 0 bridgehead atoms. The van der Waals surface area contributed by atoms with E-state index in [0.717, 1.165) is 16.9 Å². The second kappa shape index (κ2) is 8.27. The van der Waals surface area contributed by atoms with Crippen molar-refractivity contribution < 1.29 is 19.1 Å². The molecular weight excluding hydrogens is 356 g/mol. The molecule has 0 saturated carbocycles. The summed E-state index contributed by atoms with van der Waals surface area (Å²) in [4.78, 5) is 26.3. The Hall–Kier alpha value is -3.12. The highest BCUT2D eigenvalue weighted by Gasteiger charge is 2.25. The first-order valence-corrected chi connectivity index (χ1v) is 9.15. The third-order valence-electron chi connectivity index (χ3n) is 4.26. The van der Waals surface area contributed by atoms with Gasteiger partial charge in [-0.25, -0.2) is 4.79 Å². The third kappa shape index (κ3) is 3.92. The largest absolute Gasteiger partial charge is 0.462 e. The normalized spacial score (nSPS) is 11.0. The summed E-state index contributed by atoms with van der Waals surface area (Å²) in [7, 11) is 3.90. The van der Waals surface area contributed by atoms with Gasteiger partial charge in [-0.3, -0.25) is 4.79 Å². The number of nitrogens with zero attached hydrogens (tertiary/aromatic N) is 2. The van der Waals surface area contributed by atoms with Gasteiger partial charge < -0.3 is 18.9 Å². The van der Waals surface area contributed by atoms with Crippen molar-refractivity contribution in [3.63, 3.8) is 0 Å². The fourth-order valence-electron chi connectivity index (χ4n) is 3.30. The van der Waals surface area contributed by atoms with Crippen molar-refractivity contribution >= 4 is 22.8 Å². The number of hydrogen-bond acceptors (Lipinski definition) is 5. The lowest BCUT2D eigenvalue weighted by molar-refractivity contribution is -0.131. The summed E-state index contributed by atoms with van der Waals surface area (Å²) < 4.78 is 12.6. The molecule has 0 aliphatic rings. The van der Waals surface area contributed by atoms with Crippen LogP contribution in [0.25, 0.3) is 16.6 Å². The van der Waals surface area contributed by atoms with Crippen molar-refractivity contribution in [2.45, 2.75) is 20.4 Å². The maximum absolute atomic E-state index is 12.9. The van der Waals surface area contributed by atoms with Crippen LogP contribution in [0.2, 0.25) is 0 Å². The van der Waals surface area contributed by atoms with Gasteiger partial charge in [0.05, 0.1) is 23.4 Å². The van der Waals surface area contributed by atoms with Gasteiger partial charge in [-0.15, -0.1) is 0 Å². The topological polar surface area (TPSA) is 60.8 Å². The van der Waals surface area contributed by atoms with Crippen molar-refractivity contribution in [2.75, 3.05) is 20.7 Å². The molecule has 6 nitrogen and oxygen atoms in total. The van der Waals surface area contributed by atoms with Crippen LogP contribution in [0, 0.1) is 0 Å². The Kier molecular flexibility index (Phi) is 5.80. The number of benzene rings is 2. The lowest BCUT2D eigenvalue weighted by Crippen LogP contribution is -2.17. The van der Waals surface area contributed by atoms with E-state index in [0.29, 0.717) is 23.2 Å². The van der Waals surface area contributed by atoms with Gasteiger partial charge in [0.15, 0.2) is 0 Å². The molecule has 0 fully saturated rings. The number of hydrogen-bond donors (Lipinski definition) is 0. The number of ether oxygens (including phenoxy) is 2. The summed E-state index contributed by atoms with van der Waals surface area (Å²) in [5.74, 6) is -0.404. The van der Waals surface area contributed by atoms with Crippen LogP contribution in [0.1, 0.15) is 29.9 Å². The van der Waals surface area contributed by atoms with Gasteiger partial charge in [-0.1, -0.05) is 18.2 Å². The lowest BCUT2D eigenvalue weighted by Gasteiger charge is -2.16. The third-order valence-corrected chi connectivity index (χ3v) is 4.26. The van der Waals surface area contributed by atoms with Gasteiger partial charge in [0.25, 0.3) is 0 Å². The molecule has 0 atom stereocenters. The van der Waals surface area contributed by atoms with E-state index in [9.17, 15) is 9.59 Å². The van der Waals surface area contributed by atoms with Crippen molar-refractivity contribution in [1.29, 1.82) is 0 Å². The molecule has 2 aromatic carbocycles. The zero-order chi connectivity index (χ0) is 20.3. The van der Waals surface area contributed by atoms with Gasteiger partial charge in [-0.2, -0.15) is 0 Å². The van der Waals surface area contributed by atoms with E-state index in [2.05, 4.69) is 4.57 Å². The average molecular weight is 380 g/mol. The van der Waals surface area contributed by atoms with Crippen molar-refractivity contribution in [2.24, 2.45) is 0 Å². The van der Waals surface area contributed by atoms with Crippen LogP contribution in [0.15, 0.2) is 48.5 Å². The second-order valence-electron chi connectivity index (χ2n) is 6.72. The van der Waals surface area contributed by atoms with Crippen molar-refractivity contribution in [3.8, 4) is 11.4 Å². The van der Waals surface area contributed by atoms with Crippen molar-refractivity contribution in [3.05, 3.63) is 59.8 Å². The number of fused-ring (bicyclic) bond motifs is 1. The molecule has 146 valence electrons. The highest BCUT2D eigenvalue weighted by atomic mass is 16.5. The Balaban J connectivity index is 2.35. The number of aromatic nitrogens is 1. The van der Waals surface area contributed by atoms with Crippen LogP contribution < -0.4 is 4.74 Å². The number of carbonyl (C=O) groups is 2. The molecular formula is C22H24N2O4. The zero-order valence-corrected chi connectivity index (χ0v) is 16.6. The highest BCUT2D eigenvalue weighted by molar-refractivity contribution is 6.07. The fraction of sp³-hybridized carbons (Fsp3) is 0.273.